The lowest BCUT2D eigenvalue weighted by Crippen LogP contribution is -2.29. The Balaban J connectivity index is 1.71. The summed E-state index contributed by atoms with van der Waals surface area (Å²) in [6, 6.07) is 11.0. The number of esters is 4. The molecule has 0 saturated carbocycles. The maximum absolute atomic E-state index is 12.1. The average Bonchev–Trinajstić information content (AvgIpc) is 2.87. The zero-order valence-corrected chi connectivity index (χ0v) is 19.2. The zero-order chi connectivity index (χ0) is 26.5. The van der Waals surface area contributed by atoms with E-state index in [0.717, 1.165) is 0 Å². The van der Waals surface area contributed by atoms with E-state index in [1.54, 1.807) is 0 Å². The van der Waals surface area contributed by atoms with Gasteiger partial charge in [-0.2, -0.15) is 4.99 Å². The summed E-state index contributed by atoms with van der Waals surface area (Å²) in [6.45, 7) is 1.95. The number of isocyanates is 1. The van der Waals surface area contributed by atoms with Gasteiger partial charge in [-0.1, -0.05) is 0 Å². The zero-order valence-electron chi connectivity index (χ0n) is 19.2. The number of hydrogen-bond acceptors (Lipinski definition) is 12. The van der Waals surface area contributed by atoms with Gasteiger partial charge in [-0.15, -0.1) is 5.26 Å². The Bertz CT molecular complexity index is 1180. The summed E-state index contributed by atoms with van der Waals surface area (Å²) in [5.74, 6) is -3.10. The highest BCUT2D eigenvalue weighted by molar-refractivity contribution is 5.92. The Morgan fingerprint density at radius 2 is 1.25 bits per heavy atom. The van der Waals surface area contributed by atoms with Gasteiger partial charge in [-0.25, -0.2) is 24.0 Å². The number of carbonyl (C=O) groups is 4. The van der Waals surface area contributed by atoms with Gasteiger partial charge in [0.25, 0.3) is 6.26 Å². The monoisotopic (exact) mass is 496 g/mol. The molecule has 36 heavy (non-hydrogen) atoms. The van der Waals surface area contributed by atoms with Crippen molar-refractivity contribution in [2.24, 2.45) is 4.99 Å². The van der Waals surface area contributed by atoms with Crippen molar-refractivity contribution < 1.29 is 47.7 Å². The fourth-order valence-corrected chi connectivity index (χ4v) is 2.51. The number of carbonyl (C=O) groups excluding carboxylic acids is 5. The predicted molar refractivity (Wildman–Crippen MR) is 119 cm³/mol. The largest absolute Gasteiger partial charge is 0.459 e. The summed E-state index contributed by atoms with van der Waals surface area (Å²) in [5.41, 5.74) is 0.555. The summed E-state index contributed by atoms with van der Waals surface area (Å²) in [6.07, 6.45) is 0.375. The van der Waals surface area contributed by atoms with E-state index in [4.69, 9.17) is 24.2 Å². The molecule has 0 heterocycles. The lowest BCUT2D eigenvalue weighted by Gasteiger charge is -2.14. The van der Waals surface area contributed by atoms with Crippen molar-refractivity contribution in [1.82, 2.24) is 0 Å². The first-order chi connectivity index (χ1) is 17.2. The van der Waals surface area contributed by atoms with Gasteiger partial charge in [0.2, 0.25) is 6.08 Å². The molecule has 0 bridgehead atoms. The highest BCUT2D eigenvalue weighted by atomic mass is 16.6. The van der Waals surface area contributed by atoms with Crippen LogP contribution in [0.1, 0.15) is 34.6 Å². The van der Waals surface area contributed by atoms with Crippen LogP contribution in [-0.4, -0.2) is 55.4 Å². The molecular weight excluding hydrogens is 476 g/mol. The normalized spacial score (nSPS) is 11.5. The third kappa shape index (κ3) is 8.40. The standard InChI is InChI=1S/C24H20N2O10/c1-15(35-23(30)17-3-7-19(8-4-17)26-14-27)21(28)32-11-12-33-22(29)16(2)36-24(31)18-5-9-20(10-6-18)34-13-25/h3-10,15-16H,11-12H2,1-2H3. The van der Waals surface area contributed by atoms with Gasteiger partial charge in [0, 0.05) is 0 Å². The summed E-state index contributed by atoms with van der Waals surface area (Å²) >= 11 is 0. The Morgan fingerprint density at radius 3 is 1.67 bits per heavy atom. The second-order valence-electron chi connectivity index (χ2n) is 6.90. The molecule has 0 aliphatic heterocycles. The van der Waals surface area contributed by atoms with Crippen LogP contribution in [0, 0.1) is 11.5 Å². The molecule has 12 nitrogen and oxygen atoms in total. The minimum Gasteiger partial charge on any atom is -0.459 e. The van der Waals surface area contributed by atoms with Gasteiger partial charge >= 0.3 is 23.9 Å². The third-order valence-corrected chi connectivity index (χ3v) is 4.33. The SMILES string of the molecule is CC(OC(=O)c1ccc(N=C=O)cc1)C(=O)OCCOC(=O)C(C)OC(=O)c1ccc(OC#N)cc1. The number of benzene rings is 2. The first-order valence-electron chi connectivity index (χ1n) is 10.3. The lowest BCUT2D eigenvalue weighted by atomic mass is 10.2. The molecule has 0 amide bonds. The fraction of sp³-hybridized carbons (Fsp3) is 0.250. The van der Waals surface area contributed by atoms with E-state index < -0.39 is 36.1 Å². The molecule has 0 radical (unpaired) electrons. The van der Waals surface area contributed by atoms with Crippen molar-refractivity contribution in [3.8, 4) is 12.0 Å². The Hall–Kier alpha value is -5.01. The van der Waals surface area contributed by atoms with Crippen LogP contribution in [0.5, 0.6) is 5.75 Å². The molecule has 0 N–H and O–H groups in total. The second kappa shape index (κ2) is 13.6. The molecule has 186 valence electrons. The molecule has 0 aliphatic carbocycles. The van der Waals surface area contributed by atoms with E-state index in [1.807, 2.05) is 0 Å². The number of nitriles is 1. The highest BCUT2D eigenvalue weighted by Gasteiger charge is 2.22. The fourth-order valence-electron chi connectivity index (χ4n) is 2.51. The molecular formula is C24H20N2O10. The Labute approximate surface area is 205 Å². The van der Waals surface area contributed by atoms with Crippen molar-refractivity contribution in [2.45, 2.75) is 26.1 Å². The quantitative estimate of drug-likeness (QED) is 0.112. The maximum Gasteiger partial charge on any atom is 0.347 e. The number of ether oxygens (including phenoxy) is 5. The van der Waals surface area contributed by atoms with Gasteiger partial charge in [0.1, 0.15) is 19.0 Å². The molecule has 2 rings (SSSR count). The second-order valence-corrected chi connectivity index (χ2v) is 6.90. The van der Waals surface area contributed by atoms with E-state index in [-0.39, 0.29) is 30.1 Å². The van der Waals surface area contributed by atoms with Gasteiger partial charge in [0.15, 0.2) is 12.2 Å². The number of nitrogens with zero attached hydrogens (tertiary/aromatic N) is 2. The van der Waals surface area contributed by atoms with Crippen LogP contribution < -0.4 is 4.74 Å². The van der Waals surface area contributed by atoms with Crippen LogP contribution >= 0.6 is 0 Å². The molecule has 0 fully saturated rings. The lowest BCUT2D eigenvalue weighted by molar-refractivity contribution is -0.161. The van der Waals surface area contributed by atoms with Crippen LogP contribution in [-0.2, 0) is 33.3 Å². The summed E-state index contributed by atoms with van der Waals surface area (Å²) < 4.78 is 24.4. The molecule has 0 aromatic heterocycles. The Kier molecular flexibility index (Phi) is 10.3. The molecule has 0 aliphatic rings. The average molecular weight is 496 g/mol. The molecule has 2 atom stereocenters. The smallest absolute Gasteiger partial charge is 0.347 e. The minimum absolute atomic E-state index is 0.128. The van der Waals surface area contributed by atoms with Gasteiger partial charge in [-0.05, 0) is 62.4 Å². The molecule has 0 saturated heterocycles. The van der Waals surface area contributed by atoms with Crippen molar-refractivity contribution in [2.75, 3.05) is 13.2 Å². The van der Waals surface area contributed by atoms with Crippen molar-refractivity contribution in [3.63, 3.8) is 0 Å². The van der Waals surface area contributed by atoms with E-state index in [0.29, 0.717) is 5.69 Å². The Morgan fingerprint density at radius 1 is 0.806 bits per heavy atom. The van der Waals surface area contributed by atoms with Gasteiger partial charge < -0.3 is 23.7 Å². The number of hydrogen-bond donors (Lipinski definition) is 0. The minimum atomic E-state index is -1.24. The van der Waals surface area contributed by atoms with E-state index in [1.165, 1.54) is 74.7 Å². The van der Waals surface area contributed by atoms with E-state index in [9.17, 15) is 24.0 Å². The number of rotatable bonds is 11. The van der Waals surface area contributed by atoms with Crippen molar-refractivity contribution >= 4 is 35.6 Å². The van der Waals surface area contributed by atoms with Gasteiger partial charge in [0.05, 0.1) is 16.8 Å². The summed E-state index contributed by atoms with van der Waals surface area (Å²) in [4.78, 5) is 61.8. The van der Waals surface area contributed by atoms with Crippen molar-refractivity contribution in [1.29, 1.82) is 5.26 Å². The van der Waals surface area contributed by atoms with Crippen molar-refractivity contribution in [3.05, 3.63) is 59.7 Å². The molecule has 12 heteroatoms. The third-order valence-electron chi connectivity index (χ3n) is 4.33. The summed E-state index contributed by atoms with van der Waals surface area (Å²) in [5, 5.41) is 8.45. The maximum atomic E-state index is 12.1. The van der Waals surface area contributed by atoms with Crippen LogP contribution in [0.15, 0.2) is 53.5 Å². The molecule has 2 aromatic rings. The highest BCUT2D eigenvalue weighted by Crippen LogP contribution is 2.15. The number of aliphatic imine (C=N–C) groups is 1. The first kappa shape index (κ1) is 27.2. The van der Waals surface area contributed by atoms with Crippen LogP contribution in [0.2, 0.25) is 0 Å². The molecule has 2 unspecified atom stereocenters. The molecule has 0 spiro atoms. The van der Waals surface area contributed by atoms with E-state index >= 15 is 0 Å². The molecule has 2 aromatic carbocycles. The topological polar surface area (TPSA) is 168 Å². The van der Waals surface area contributed by atoms with Crippen LogP contribution in [0.4, 0.5) is 5.69 Å². The first-order valence-corrected chi connectivity index (χ1v) is 10.3. The van der Waals surface area contributed by atoms with Crippen LogP contribution in [0.3, 0.4) is 0 Å². The summed E-state index contributed by atoms with van der Waals surface area (Å²) in [7, 11) is 0. The van der Waals surface area contributed by atoms with Gasteiger partial charge in [-0.3, -0.25) is 0 Å². The van der Waals surface area contributed by atoms with Crippen LogP contribution in [0.25, 0.3) is 0 Å². The van der Waals surface area contributed by atoms with E-state index in [2.05, 4.69) is 9.73 Å². The predicted octanol–water partition coefficient (Wildman–Crippen LogP) is 2.39.